The molecule has 1 aromatic rings. The Kier molecular flexibility index (Phi) is 7.22. The number of carbonyl (C=O) groups is 1. The average Bonchev–Trinajstić information content (AvgIpc) is 2.45. The zero-order valence-corrected chi connectivity index (χ0v) is 15.4. The first-order valence-electron chi connectivity index (χ1n) is 7.79. The predicted molar refractivity (Wildman–Crippen MR) is 95.9 cm³/mol. The number of anilines is 1. The van der Waals surface area contributed by atoms with Gasteiger partial charge < -0.3 is 15.7 Å². The predicted octanol–water partition coefficient (Wildman–Crippen LogP) is 2.87. The summed E-state index contributed by atoms with van der Waals surface area (Å²) in [6.45, 7) is 9.58. The fourth-order valence-corrected chi connectivity index (χ4v) is 2.70. The maximum absolute atomic E-state index is 12.2. The highest BCUT2D eigenvalue weighted by Gasteiger charge is 2.19. The van der Waals surface area contributed by atoms with Crippen molar-refractivity contribution in [2.24, 2.45) is 5.92 Å². The molecule has 0 saturated carbocycles. The van der Waals surface area contributed by atoms with Crippen molar-refractivity contribution in [2.75, 3.05) is 11.9 Å². The molecule has 6 heteroatoms. The first kappa shape index (κ1) is 19.6. The first-order chi connectivity index (χ1) is 10.6. The molecular weight excluding hydrogens is 312 g/mol. The lowest BCUT2D eigenvalue weighted by Gasteiger charge is -2.20. The Hall–Kier alpha value is -1.40. The van der Waals surface area contributed by atoms with Gasteiger partial charge in [-0.3, -0.25) is 4.21 Å². The quantitative estimate of drug-likeness (QED) is 0.745. The van der Waals surface area contributed by atoms with Crippen molar-refractivity contribution in [3.63, 3.8) is 0 Å². The summed E-state index contributed by atoms with van der Waals surface area (Å²) in [4.78, 5) is 12.0. The Labute approximate surface area is 141 Å². The minimum absolute atomic E-state index is 0.0127. The van der Waals surface area contributed by atoms with Crippen LogP contribution < -0.4 is 10.6 Å². The normalized spacial score (nSPS) is 15.6. The van der Waals surface area contributed by atoms with Crippen LogP contribution in [0.3, 0.4) is 0 Å². The van der Waals surface area contributed by atoms with Gasteiger partial charge in [0, 0.05) is 39.6 Å². The van der Waals surface area contributed by atoms with E-state index in [1.165, 1.54) is 0 Å². The van der Waals surface area contributed by atoms with Crippen molar-refractivity contribution in [3.8, 4) is 0 Å². The van der Waals surface area contributed by atoms with Crippen LogP contribution in [0, 0.1) is 5.92 Å². The standard InChI is InChI=1S/C17H28N2O3S/c1-12(10-20)13(2)18-16(21)19-15-8-6-7-14(9-15)11-23(22)17(3,4)5/h6-9,12-13,20H,10-11H2,1-5H3,(H2,18,19,21). The summed E-state index contributed by atoms with van der Waals surface area (Å²) in [7, 11) is -0.982. The molecule has 0 aliphatic carbocycles. The van der Waals surface area contributed by atoms with E-state index in [0.717, 1.165) is 5.56 Å². The molecule has 5 nitrogen and oxygen atoms in total. The van der Waals surface area contributed by atoms with Gasteiger partial charge in [0.1, 0.15) is 0 Å². The third kappa shape index (κ3) is 6.71. The molecule has 3 unspecified atom stereocenters. The SMILES string of the molecule is CC(CO)C(C)NC(=O)Nc1cccc(CS(=O)C(C)(C)C)c1. The maximum Gasteiger partial charge on any atom is 0.319 e. The van der Waals surface area contributed by atoms with Crippen molar-refractivity contribution < 1.29 is 14.1 Å². The Balaban J connectivity index is 2.67. The molecule has 130 valence electrons. The molecule has 0 saturated heterocycles. The van der Waals surface area contributed by atoms with Crippen LogP contribution in [0.4, 0.5) is 10.5 Å². The third-order valence-corrected chi connectivity index (χ3v) is 5.63. The average molecular weight is 340 g/mol. The minimum Gasteiger partial charge on any atom is -0.396 e. The van der Waals surface area contributed by atoms with E-state index in [1.807, 2.05) is 52.8 Å². The number of benzene rings is 1. The van der Waals surface area contributed by atoms with E-state index in [-0.39, 0.29) is 29.3 Å². The highest BCUT2D eigenvalue weighted by atomic mass is 32.2. The molecule has 0 bridgehead atoms. The van der Waals surface area contributed by atoms with Gasteiger partial charge in [0.25, 0.3) is 0 Å². The molecule has 2 amide bonds. The van der Waals surface area contributed by atoms with Crippen LogP contribution in [-0.2, 0) is 16.6 Å². The monoisotopic (exact) mass is 340 g/mol. The van der Waals surface area contributed by atoms with Gasteiger partial charge in [0.05, 0.1) is 0 Å². The highest BCUT2D eigenvalue weighted by Crippen LogP contribution is 2.18. The molecule has 0 aromatic heterocycles. The van der Waals surface area contributed by atoms with Gasteiger partial charge in [-0.1, -0.05) is 19.1 Å². The van der Waals surface area contributed by atoms with Crippen molar-refractivity contribution in [2.45, 2.75) is 51.2 Å². The molecule has 0 fully saturated rings. The van der Waals surface area contributed by atoms with E-state index in [0.29, 0.717) is 11.4 Å². The summed E-state index contributed by atoms with van der Waals surface area (Å²) in [6.07, 6.45) is 0. The van der Waals surface area contributed by atoms with Gasteiger partial charge in [-0.15, -0.1) is 0 Å². The molecule has 0 aliphatic rings. The van der Waals surface area contributed by atoms with E-state index in [2.05, 4.69) is 10.6 Å². The fourth-order valence-electron chi connectivity index (χ4n) is 1.78. The zero-order chi connectivity index (χ0) is 17.6. The summed E-state index contributed by atoms with van der Waals surface area (Å²) in [6, 6.07) is 6.93. The number of aliphatic hydroxyl groups is 1. The van der Waals surface area contributed by atoms with Crippen molar-refractivity contribution in [3.05, 3.63) is 29.8 Å². The van der Waals surface area contributed by atoms with Gasteiger partial charge >= 0.3 is 6.03 Å². The molecule has 0 aliphatic heterocycles. The number of carbonyl (C=O) groups excluding carboxylic acids is 1. The largest absolute Gasteiger partial charge is 0.396 e. The highest BCUT2D eigenvalue weighted by molar-refractivity contribution is 7.85. The van der Waals surface area contributed by atoms with Gasteiger partial charge in [-0.05, 0) is 51.3 Å². The lowest BCUT2D eigenvalue weighted by molar-refractivity contribution is 0.204. The molecule has 3 atom stereocenters. The number of hydrogen-bond donors (Lipinski definition) is 3. The van der Waals surface area contributed by atoms with Crippen LogP contribution in [0.1, 0.15) is 40.2 Å². The molecule has 1 rings (SSSR count). The van der Waals surface area contributed by atoms with E-state index >= 15 is 0 Å². The fraction of sp³-hybridized carbons (Fsp3) is 0.588. The molecule has 23 heavy (non-hydrogen) atoms. The summed E-state index contributed by atoms with van der Waals surface area (Å²) >= 11 is 0. The molecule has 0 radical (unpaired) electrons. The summed E-state index contributed by atoms with van der Waals surface area (Å²) < 4.78 is 11.9. The number of urea groups is 1. The van der Waals surface area contributed by atoms with Crippen LogP contribution in [-0.4, -0.2) is 32.7 Å². The van der Waals surface area contributed by atoms with Crippen molar-refractivity contribution >= 4 is 22.5 Å². The molecule has 3 N–H and O–H groups in total. The Morgan fingerprint density at radius 3 is 2.52 bits per heavy atom. The number of hydrogen-bond acceptors (Lipinski definition) is 3. The summed E-state index contributed by atoms with van der Waals surface area (Å²) in [5.41, 5.74) is 1.59. The van der Waals surface area contributed by atoms with Gasteiger partial charge in [0.15, 0.2) is 0 Å². The second kappa shape index (κ2) is 8.45. The summed E-state index contributed by atoms with van der Waals surface area (Å²) in [5, 5.41) is 14.7. The number of rotatable bonds is 6. The summed E-state index contributed by atoms with van der Waals surface area (Å²) in [5.74, 6) is 0.444. The molecule has 0 heterocycles. The zero-order valence-electron chi connectivity index (χ0n) is 14.6. The van der Waals surface area contributed by atoms with Gasteiger partial charge in [-0.2, -0.15) is 0 Å². The van der Waals surface area contributed by atoms with Crippen LogP contribution in [0.15, 0.2) is 24.3 Å². The number of aliphatic hydroxyl groups excluding tert-OH is 1. The topological polar surface area (TPSA) is 78.4 Å². The first-order valence-corrected chi connectivity index (χ1v) is 9.11. The van der Waals surface area contributed by atoms with Crippen molar-refractivity contribution in [1.29, 1.82) is 0 Å². The molecule has 0 spiro atoms. The van der Waals surface area contributed by atoms with E-state index in [9.17, 15) is 9.00 Å². The number of nitrogens with one attached hydrogen (secondary N) is 2. The molecular formula is C17H28N2O3S. The third-order valence-electron chi connectivity index (χ3n) is 3.67. The Bertz CT molecular complexity index is 555. The van der Waals surface area contributed by atoms with E-state index in [1.54, 1.807) is 6.07 Å². The van der Waals surface area contributed by atoms with Gasteiger partial charge in [-0.25, -0.2) is 4.79 Å². The van der Waals surface area contributed by atoms with Crippen LogP contribution >= 0.6 is 0 Å². The lowest BCUT2D eigenvalue weighted by atomic mass is 10.1. The van der Waals surface area contributed by atoms with Gasteiger partial charge in [0.2, 0.25) is 0 Å². The van der Waals surface area contributed by atoms with E-state index in [4.69, 9.17) is 5.11 Å². The number of amides is 2. The minimum atomic E-state index is -0.982. The Morgan fingerprint density at radius 1 is 1.30 bits per heavy atom. The maximum atomic E-state index is 12.2. The van der Waals surface area contributed by atoms with Crippen LogP contribution in [0.25, 0.3) is 0 Å². The lowest BCUT2D eigenvalue weighted by Crippen LogP contribution is -2.40. The van der Waals surface area contributed by atoms with E-state index < -0.39 is 10.8 Å². The Morgan fingerprint density at radius 2 is 1.96 bits per heavy atom. The second-order valence-corrected chi connectivity index (χ2v) is 9.05. The smallest absolute Gasteiger partial charge is 0.319 e. The van der Waals surface area contributed by atoms with Crippen molar-refractivity contribution in [1.82, 2.24) is 5.32 Å². The van der Waals surface area contributed by atoms with Crippen LogP contribution in [0.5, 0.6) is 0 Å². The second-order valence-electron chi connectivity index (χ2n) is 6.85. The van der Waals surface area contributed by atoms with Crippen LogP contribution in [0.2, 0.25) is 0 Å². The molecule has 1 aromatic carbocycles.